The summed E-state index contributed by atoms with van der Waals surface area (Å²) in [7, 11) is 0. The number of rotatable bonds is 6. The molecule has 104 valence electrons. The van der Waals surface area contributed by atoms with Gasteiger partial charge in [0.2, 0.25) is 5.88 Å². The monoisotopic (exact) mass is 287 g/mol. The van der Waals surface area contributed by atoms with Crippen LogP contribution >= 0.6 is 11.8 Å². The third-order valence-electron chi connectivity index (χ3n) is 3.09. The van der Waals surface area contributed by atoms with Crippen LogP contribution in [-0.2, 0) is 6.54 Å². The Labute approximate surface area is 123 Å². The van der Waals surface area contributed by atoms with Crippen molar-refractivity contribution in [3.63, 3.8) is 0 Å². The molecule has 0 radical (unpaired) electrons. The van der Waals surface area contributed by atoms with Gasteiger partial charge in [0.05, 0.1) is 11.9 Å². The maximum atomic E-state index is 5.73. The van der Waals surface area contributed by atoms with E-state index < -0.39 is 0 Å². The summed E-state index contributed by atoms with van der Waals surface area (Å²) in [6, 6.07) is 8.63. The van der Waals surface area contributed by atoms with Crippen LogP contribution < -0.4 is 10.1 Å². The fourth-order valence-corrected chi connectivity index (χ4v) is 2.23. The van der Waals surface area contributed by atoms with Crippen molar-refractivity contribution in [3.8, 4) is 11.6 Å². The van der Waals surface area contributed by atoms with Crippen molar-refractivity contribution >= 4 is 11.8 Å². The maximum Gasteiger partial charge on any atom is 0.238 e. The molecule has 0 unspecified atom stereocenters. The highest BCUT2D eigenvalue weighted by atomic mass is 32.2. The van der Waals surface area contributed by atoms with Crippen LogP contribution in [0.15, 0.2) is 41.6 Å². The Hall–Kier alpha value is -1.59. The summed E-state index contributed by atoms with van der Waals surface area (Å²) in [5, 5.41) is 3.42. The van der Waals surface area contributed by atoms with E-state index in [1.165, 1.54) is 17.7 Å². The average molecular weight is 287 g/mol. The number of ether oxygens (including phenoxy) is 1. The lowest BCUT2D eigenvalue weighted by Crippen LogP contribution is -2.16. The largest absolute Gasteiger partial charge is 0.437 e. The first-order valence-electron chi connectivity index (χ1n) is 6.70. The Morgan fingerprint density at radius 3 is 2.75 bits per heavy atom. The summed E-state index contributed by atoms with van der Waals surface area (Å²) >= 11 is 1.71. The molecule has 0 bridgehead atoms. The summed E-state index contributed by atoms with van der Waals surface area (Å²) < 4.78 is 5.73. The minimum Gasteiger partial charge on any atom is -0.437 e. The smallest absolute Gasteiger partial charge is 0.238 e. The van der Waals surface area contributed by atoms with Gasteiger partial charge in [0, 0.05) is 23.7 Å². The van der Waals surface area contributed by atoms with Gasteiger partial charge in [0.25, 0.3) is 0 Å². The summed E-state index contributed by atoms with van der Waals surface area (Å²) in [6.45, 7) is 0.750. The lowest BCUT2D eigenvalue weighted by molar-refractivity contribution is 0.456. The quantitative estimate of drug-likeness (QED) is 0.826. The molecule has 0 saturated heterocycles. The van der Waals surface area contributed by atoms with Crippen LogP contribution in [0.3, 0.4) is 0 Å². The first-order chi connectivity index (χ1) is 9.83. The van der Waals surface area contributed by atoms with Crippen molar-refractivity contribution in [1.82, 2.24) is 15.3 Å². The van der Waals surface area contributed by atoms with E-state index in [4.69, 9.17) is 4.74 Å². The van der Waals surface area contributed by atoms with Gasteiger partial charge in [-0.05, 0) is 43.4 Å². The SMILES string of the molecule is CSc1ccc(Oc2cncc(CNC3CC3)n2)cc1. The Morgan fingerprint density at radius 1 is 1.25 bits per heavy atom. The first-order valence-corrected chi connectivity index (χ1v) is 7.92. The van der Waals surface area contributed by atoms with Crippen LogP contribution in [0.5, 0.6) is 11.6 Å². The zero-order valence-electron chi connectivity index (χ0n) is 11.4. The molecular weight excluding hydrogens is 270 g/mol. The van der Waals surface area contributed by atoms with Crippen molar-refractivity contribution in [2.75, 3.05) is 6.26 Å². The van der Waals surface area contributed by atoms with Gasteiger partial charge in [-0.3, -0.25) is 4.98 Å². The summed E-state index contributed by atoms with van der Waals surface area (Å²) in [6.07, 6.45) is 8.01. The molecule has 3 rings (SSSR count). The summed E-state index contributed by atoms with van der Waals surface area (Å²) in [4.78, 5) is 9.85. The third-order valence-corrected chi connectivity index (χ3v) is 3.84. The van der Waals surface area contributed by atoms with E-state index in [-0.39, 0.29) is 0 Å². The molecule has 1 aliphatic rings. The molecule has 1 aliphatic carbocycles. The predicted octanol–water partition coefficient (Wildman–Crippen LogP) is 3.24. The van der Waals surface area contributed by atoms with Crippen molar-refractivity contribution in [2.24, 2.45) is 0 Å². The molecule has 1 fully saturated rings. The number of benzene rings is 1. The Balaban J connectivity index is 1.64. The summed E-state index contributed by atoms with van der Waals surface area (Å²) in [5.74, 6) is 1.32. The molecule has 20 heavy (non-hydrogen) atoms. The molecule has 1 aromatic carbocycles. The molecule has 1 saturated carbocycles. The molecule has 2 aromatic rings. The molecule has 0 atom stereocenters. The maximum absolute atomic E-state index is 5.73. The number of nitrogens with one attached hydrogen (secondary N) is 1. The first kappa shape index (κ1) is 13.4. The lowest BCUT2D eigenvalue weighted by atomic mass is 10.3. The van der Waals surface area contributed by atoms with Crippen molar-refractivity contribution in [3.05, 3.63) is 42.4 Å². The molecule has 0 aliphatic heterocycles. The fraction of sp³-hybridized carbons (Fsp3) is 0.333. The van der Waals surface area contributed by atoms with Crippen LogP contribution in [0.1, 0.15) is 18.5 Å². The van der Waals surface area contributed by atoms with E-state index in [2.05, 4.69) is 21.5 Å². The minimum absolute atomic E-state index is 0.539. The van der Waals surface area contributed by atoms with E-state index in [1.54, 1.807) is 24.2 Å². The van der Waals surface area contributed by atoms with Crippen molar-refractivity contribution in [1.29, 1.82) is 0 Å². The van der Waals surface area contributed by atoms with Crippen LogP contribution in [0, 0.1) is 0 Å². The van der Waals surface area contributed by atoms with E-state index in [9.17, 15) is 0 Å². The van der Waals surface area contributed by atoms with Crippen LogP contribution in [0.25, 0.3) is 0 Å². The van der Waals surface area contributed by atoms with Gasteiger partial charge in [0.1, 0.15) is 5.75 Å². The highest BCUT2D eigenvalue weighted by Crippen LogP contribution is 2.23. The Bertz CT molecular complexity index is 570. The van der Waals surface area contributed by atoms with Gasteiger partial charge in [-0.15, -0.1) is 11.8 Å². The number of nitrogens with zero attached hydrogens (tertiary/aromatic N) is 2. The zero-order valence-corrected chi connectivity index (χ0v) is 12.2. The second-order valence-electron chi connectivity index (χ2n) is 4.78. The average Bonchev–Trinajstić information content (AvgIpc) is 3.31. The normalized spacial score (nSPS) is 14.2. The molecular formula is C15H17N3OS. The summed E-state index contributed by atoms with van der Waals surface area (Å²) in [5.41, 5.74) is 0.912. The Kier molecular flexibility index (Phi) is 4.18. The standard InChI is InChI=1S/C15H17N3OS/c1-20-14-6-4-13(5-7-14)19-15-10-16-8-12(18-15)9-17-11-2-3-11/h4-8,10-11,17H,2-3,9H2,1H3. The van der Waals surface area contributed by atoms with Gasteiger partial charge >= 0.3 is 0 Å². The van der Waals surface area contributed by atoms with Gasteiger partial charge in [-0.2, -0.15) is 0 Å². The molecule has 1 N–H and O–H groups in total. The van der Waals surface area contributed by atoms with E-state index >= 15 is 0 Å². The van der Waals surface area contributed by atoms with Gasteiger partial charge in [0.15, 0.2) is 0 Å². The number of hydrogen-bond donors (Lipinski definition) is 1. The predicted molar refractivity (Wildman–Crippen MR) is 80.2 cm³/mol. The minimum atomic E-state index is 0.539. The second-order valence-corrected chi connectivity index (χ2v) is 5.66. The van der Waals surface area contributed by atoms with Crippen molar-refractivity contribution in [2.45, 2.75) is 30.3 Å². The molecule has 4 nitrogen and oxygen atoms in total. The lowest BCUT2D eigenvalue weighted by Gasteiger charge is -2.07. The second kappa shape index (κ2) is 6.24. The van der Waals surface area contributed by atoms with E-state index in [0.717, 1.165) is 18.0 Å². The van der Waals surface area contributed by atoms with Gasteiger partial charge < -0.3 is 10.1 Å². The number of thioether (sulfide) groups is 1. The van der Waals surface area contributed by atoms with Crippen molar-refractivity contribution < 1.29 is 4.74 Å². The molecule has 0 amide bonds. The van der Waals surface area contributed by atoms with Crippen LogP contribution in [-0.4, -0.2) is 22.3 Å². The fourth-order valence-electron chi connectivity index (χ4n) is 1.82. The number of hydrogen-bond acceptors (Lipinski definition) is 5. The molecule has 5 heteroatoms. The topological polar surface area (TPSA) is 47.0 Å². The molecule has 1 heterocycles. The van der Waals surface area contributed by atoms with Gasteiger partial charge in [-0.1, -0.05) is 0 Å². The van der Waals surface area contributed by atoms with E-state index in [1.807, 2.05) is 24.3 Å². The number of aromatic nitrogens is 2. The highest BCUT2D eigenvalue weighted by molar-refractivity contribution is 7.98. The molecule has 1 aromatic heterocycles. The zero-order chi connectivity index (χ0) is 13.8. The Morgan fingerprint density at radius 2 is 2.05 bits per heavy atom. The molecule has 0 spiro atoms. The van der Waals surface area contributed by atoms with Gasteiger partial charge in [-0.25, -0.2) is 4.98 Å². The van der Waals surface area contributed by atoms with Crippen LogP contribution in [0.2, 0.25) is 0 Å². The highest BCUT2D eigenvalue weighted by Gasteiger charge is 2.20. The third kappa shape index (κ3) is 3.71. The van der Waals surface area contributed by atoms with E-state index in [0.29, 0.717) is 11.9 Å². The van der Waals surface area contributed by atoms with Crippen LogP contribution in [0.4, 0.5) is 0 Å².